The molecular formula is C12H10Cl2N2O3. The van der Waals surface area contributed by atoms with Crippen LogP contribution in [0.15, 0.2) is 12.1 Å². The number of benzene rings is 1. The minimum Gasteiger partial charge on any atom is -0.338 e. The number of amides is 1. The Morgan fingerprint density at radius 1 is 1.58 bits per heavy atom. The molecule has 1 atom stereocenters. The van der Waals surface area contributed by atoms with E-state index in [-0.39, 0.29) is 21.3 Å². The van der Waals surface area contributed by atoms with Crippen LogP contribution in [0.5, 0.6) is 0 Å². The number of hydrogen-bond donors (Lipinski definition) is 1. The van der Waals surface area contributed by atoms with Gasteiger partial charge in [0.2, 0.25) is 0 Å². The Hall–Kier alpha value is -1.77. The van der Waals surface area contributed by atoms with Crippen LogP contribution in [-0.4, -0.2) is 16.9 Å². The molecule has 0 fully saturated rings. The van der Waals surface area contributed by atoms with Crippen LogP contribution in [0.25, 0.3) is 0 Å². The minimum atomic E-state index is -0.655. The van der Waals surface area contributed by atoms with E-state index in [1.165, 1.54) is 0 Å². The quantitative estimate of drug-likeness (QED) is 0.528. The Bertz CT molecular complexity index is 567. The second kappa shape index (κ2) is 6.41. The summed E-state index contributed by atoms with van der Waals surface area (Å²) in [5.74, 6) is 1.79. The molecule has 0 aromatic heterocycles. The van der Waals surface area contributed by atoms with Crippen molar-refractivity contribution >= 4 is 34.8 Å². The van der Waals surface area contributed by atoms with Crippen molar-refractivity contribution in [2.45, 2.75) is 19.4 Å². The summed E-state index contributed by atoms with van der Waals surface area (Å²) < 4.78 is 0. The molecule has 0 bridgehead atoms. The predicted molar refractivity (Wildman–Crippen MR) is 73.5 cm³/mol. The van der Waals surface area contributed by atoms with E-state index in [0.29, 0.717) is 6.42 Å². The van der Waals surface area contributed by atoms with Gasteiger partial charge < -0.3 is 5.32 Å². The summed E-state index contributed by atoms with van der Waals surface area (Å²) in [6, 6.07) is 1.67. The maximum absolute atomic E-state index is 11.9. The molecule has 0 radical (unpaired) electrons. The summed E-state index contributed by atoms with van der Waals surface area (Å²) in [5.41, 5.74) is -0.386. The zero-order valence-corrected chi connectivity index (χ0v) is 11.5. The molecule has 19 heavy (non-hydrogen) atoms. The van der Waals surface area contributed by atoms with Gasteiger partial charge in [0.1, 0.15) is 0 Å². The molecule has 0 saturated carbocycles. The van der Waals surface area contributed by atoms with E-state index in [1.807, 2.05) is 0 Å². The minimum absolute atomic E-state index is 0.0448. The lowest BCUT2D eigenvalue weighted by molar-refractivity contribution is -0.384. The SMILES string of the molecule is C#CC(CC)NC(=O)c1cc([N+](=O)[O-])cc(Cl)c1Cl. The number of nitro benzene ring substituents is 1. The molecule has 1 unspecified atom stereocenters. The number of nitrogens with zero attached hydrogens (tertiary/aromatic N) is 1. The highest BCUT2D eigenvalue weighted by atomic mass is 35.5. The van der Waals surface area contributed by atoms with Gasteiger partial charge in [-0.05, 0) is 6.42 Å². The van der Waals surface area contributed by atoms with Gasteiger partial charge in [-0.2, -0.15) is 0 Å². The Kier molecular flexibility index (Phi) is 5.16. The Morgan fingerprint density at radius 2 is 2.21 bits per heavy atom. The molecule has 0 aliphatic carbocycles. The average Bonchev–Trinajstić information content (AvgIpc) is 2.38. The number of nitro groups is 1. The van der Waals surface area contributed by atoms with E-state index in [2.05, 4.69) is 11.2 Å². The molecule has 0 heterocycles. The van der Waals surface area contributed by atoms with Crippen LogP contribution in [0.3, 0.4) is 0 Å². The maximum Gasteiger partial charge on any atom is 0.271 e. The normalized spacial score (nSPS) is 11.5. The van der Waals surface area contributed by atoms with Gasteiger partial charge in [0.15, 0.2) is 0 Å². The van der Waals surface area contributed by atoms with Crippen LogP contribution >= 0.6 is 23.2 Å². The molecule has 1 amide bonds. The first-order valence-corrected chi connectivity index (χ1v) is 6.06. The van der Waals surface area contributed by atoms with Crippen molar-refractivity contribution in [3.05, 3.63) is 37.9 Å². The number of rotatable bonds is 4. The van der Waals surface area contributed by atoms with Gasteiger partial charge in [0.25, 0.3) is 11.6 Å². The molecule has 1 aromatic rings. The predicted octanol–water partition coefficient (Wildman–Crippen LogP) is 3.04. The fraction of sp³-hybridized carbons (Fsp3) is 0.250. The van der Waals surface area contributed by atoms with Crippen LogP contribution < -0.4 is 5.32 Å². The second-order valence-electron chi connectivity index (χ2n) is 3.65. The summed E-state index contributed by atoms with van der Waals surface area (Å²) >= 11 is 11.6. The summed E-state index contributed by atoms with van der Waals surface area (Å²) in [6.45, 7) is 1.80. The summed E-state index contributed by atoms with van der Waals surface area (Å²) in [6.07, 6.45) is 5.75. The molecule has 5 nitrogen and oxygen atoms in total. The molecule has 0 aliphatic rings. The van der Waals surface area contributed by atoms with E-state index in [9.17, 15) is 14.9 Å². The van der Waals surface area contributed by atoms with E-state index in [4.69, 9.17) is 29.6 Å². The van der Waals surface area contributed by atoms with Crippen molar-refractivity contribution in [2.75, 3.05) is 0 Å². The first-order valence-electron chi connectivity index (χ1n) is 5.31. The number of nitrogens with one attached hydrogen (secondary N) is 1. The van der Waals surface area contributed by atoms with Crippen molar-refractivity contribution in [1.29, 1.82) is 0 Å². The molecule has 0 spiro atoms. The van der Waals surface area contributed by atoms with Gasteiger partial charge in [0.05, 0.1) is 26.6 Å². The molecule has 1 N–H and O–H groups in total. The van der Waals surface area contributed by atoms with Gasteiger partial charge >= 0.3 is 0 Å². The van der Waals surface area contributed by atoms with Crippen molar-refractivity contribution in [1.82, 2.24) is 5.32 Å². The van der Waals surface area contributed by atoms with Crippen LogP contribution in [-0.2, 0) is 0 Å². The number of hydrogen-bond acceptors (Lipinski definition) is 3. The highest BCUT2D eigenvalue weighted by Gasteiger charge is 2.20. The van der Waals surface area contributed by atoms with Crippen molar-refractivity contribution in [2.24, 2.45) is 0 Å². The molecule has 100 valence electrons. The maximum atomic E-state index is 11.9. The summed E-state index contributed by atoms with van der Waals surface area (Å²) in [7, 11) is 0. The number of carbonyl (C=O) groups excluding carboxylic acids is 1. The third-order valence-corrected chi connectivity index (χ3v) is 3.19. The monoisotopic (exact) mass is 300 g/mol. The largest absolute Gasteiger partial charge is 0.338 e. The number of non-ortho nitro benzene ring substituents is 1. The van der Waals surface area contributed by atoms with E-state index in [1.54, 1.807) is 6.92 Å². The second-order valence-corrected chi connectivity index (χ2v) is 4.43. The molecule has 1 rings (SSSR count). The molecule has 0 aliphatic heterocycles. The van der Waals surface area contributed by atoms with Gasteiger partial charge in [0, 0.05) is 12.1 Å². The van der Waals surface area contributed by atoms with E-state index in [0.717, 1.165) is 12.1 Å². The smallest absolute Gasteiger partial charge is 0.271 e. The zero-order valence-electron chi connectivity index (χ0n) is 9.94. The highest BCUT2D eigenvalue weighted by Crippen LogP contribution is 2.30. The molecular weight excluding hydrogens is 291 g/mol. The van der Waals surface area contributed by atoms with Crippen molar-refractivity contribution in [3.8, 4) is 12.3 Å². The summed E-state index contributed by atoms with van der Waals surface area (Å²) in [4.78, 5) is 22.0. The van der Waals surface area contributed by atoms with Crippen LogP contribution in [0, 0.1) is 22.5 Å². The Balaban J connectivity index is 3.16. The highest BCUT2D eigenvalue weighted by molar-refractivity contribution is 6.44. The topological polar surface area (TPSA) is 72.2 Å². The molecule has 0 saturated heterocycles. The molecule has 1 aromatic carbocycles. The third kappa shape index (κ3) is 3.60. The fourth-order valence-electron chi connectivity index (χ4n) is 1.34. The van der Waals surface area contributed by atoms with Gasteiger partial charge in [-0.3, -0.25) is 14.9 Å². The third-order valence-electron chi connectivity index (χ3n) is 2.38. The average molecular weight is 301 g/mol. The molecule has 7 heteroatoms. The number of terminal acetylenes is 1. The zero-order chi connectivity index (χ0) is 14.6. The van der Waals surface area contributed by atoms with Crippen molar-refractivity contribution < 1.29 is 9.72 Å². The van der Waals surface area contributed by atoms with E-state index < -0.39 is 16.9 Å². The lowest BCUT2D eigenvalue weighted by Crippen LogP contribution is -2.33. The number of carbonyl (C=O) groups is 1. The van der Waals surface area contributed by atoms with E-state index >= 15 is 0 Å². The summed E-state index contributed by atoms with van der Waals surface area (Å²) in [5, 5.41) is 13.1. The van der Waals surface area contributed by atoms with Crippen LogP contribution in [0.1, 0.15) is 23.7 Å². The van der Waals surface area contributed by atoms with Gasteiger partial charge in [-0.25, -0.2) is 0 Å². The van der Waals surface area contributed by atoms with Crippen LogP contribution in [0.2, 0.25) is 10.0 Å². The lowest BCUT2D eigenvalue weighted by atomic mass is 10.1. The standard InChI is InChI=1S/C12H10Cl2N2O3/c1-3-7(4-2)15-12(17)9-5-8(16(18)19)6-10(13)11(9)14/h1,5-7H,4H2,2H3,(H,15,17). The first-order chi connectivity index (χ1) is 8.90. The Labute approximate surface area is 120 Å². The lowest BCUT2D eigenvalue weighted by Gasteiger charge is -2.12. The van der Waals surface area contributed by atoms with Crippen LogP contribution in [0.4, 0.5) is 5.69 Å². The Morgan fingerprint density at radius 3 is 2.68 bits per heavy atom. The van der Waals surface area contributed by atoms with Crippen molar-refractivity contribution in [3.63, 3.8) is 0 Å². The first kappa shape index (κ1) is 15.3. The van der Waals surface area contributed by atoms with Gasteiger partial charge in [-0.1, -0.05) is 36.0 Å². The van der Waals surface area contributed by atoms with Gasteiger partial charge in [-0.15, -0.1) is 6.42 Å². The fourth-order valence-corrected chi connectivity index (χ4v) is 1.75. The number of halogens is 2.